The van der Waals surface area contributed by atoms with Gasteiger partial charge in [0.1, 0.15) is 24.1 Å². The lowest BCUT2D eigenvalue weighted by Gasteiger charge is -2.32. The van der Waals surface area contributed by atoms with Crippen molar-refractivity contribution < 1.29 is 27.5 Å². The summed E-state index contributed by atoms with van der Waals surface area (Å²) in [5, 5.41) is 3.15. The standard InChI is InChI=1S/C27H29Cl2N3O6S/c1-18(27(34)30-2)31(16-19-10-12-22(28)23(29)14-19)26(33)17-32(39(35,36)21-8-6-5-7-9-21)24-15-20(37-3)11-13-25(24)38-4/h5-15,18H,16-17H2,1-4H3,(H,30,34). The van der Waals surface area contributed by atoms with Crippen LogP contribution in [0.15, 0.2) is 71.6 Å². The molecule has 0 aliphatic heterocycles. The number of methoxy groups -OCH3 is 2. The molecule has 0 saturated carbocycles. The summed E-state index contributed by atoms with van der Waals surface area (Å²) in [6.45, 7) is 0.888. The Balaban J connectivity index is 2.12. The van der Waals surface area contributed by atoms with E-state index in [1.807, 2.05) is 0 Å². The molecular weight excluding hydrogens is 565 g/mol. The van der Waals surface area contributed by atoms with Crippen molar-refractivity contribution >= 4 is 50.7 Å². The second-order valence-electron chi connectivity index (χ2n) is 8.42. The number of rotatable bonds is 11. The zero-order valence-electron chi connectivity index (χ0n) is 21.9. The molecular formula is C27H29Cl2N3O6S. The number of hydrogen-bond acceptors (Lipinski definition) is 6. The van der Waals surface area contributed by atoms with Gasteiger partial charge in [-0.25, -0.2) is 8.42 Å². The van der Waals surface area contributed by atoms with Gasteiger partial charge in [-0.2, -0.15) is 0 Å². The van der Waals surface area contributed by atoms with Crippen LogP contribution in [0, 0.1) is 0 Å². The molecule has 0 heterocycles. The lowest BCUT2D eigenvalue weighted by atomic mass is 10.1. The Kier molecular flexibility index (Phi) is 10.1. The molecule has 0 aliphatic carbocycles. The fourth-order valence-electron chi connectivity index (χ4n) is 3.85. The van der Waals surface area contributed by atoms with Gasteiger partial charge in [-0.05, 0) is 48.9 Å². The van der Waals surface area contributed by atoms with Gasteiger partial charge >= 0.3 is 0 Å². The van der Waals surface area contributed by atoms with E-state index in [9.17, 15) is 18.0 Å². The molecule has 1 unspecified atom stereocenters. The summed E-state index contributed by atoms with van der Waals surface area (Å²) in [5.41, 5.74) is 0.695. The highest BCUT2D eigenvalue weighted by Crippen LogP contribution is 2.36. The summed E-state index contributed by atoms with van der Waals surface area (Å²) in [5.74, 6) is -0.502. The number of hydrogen-bond donors (Lipinski definition) is 1. The first-order valence-corrected chi connectivity index (χ1v) is 14.0. The normalized spacial score (nSPS) is 11.8. The van der Waals surface area contributed by atoms with Crippen LogP contribution in [0.2, 0.25) is 10.0 Å². The van der Waals surface area contributed by atoms with E-state index in [-0.39, 0.29) is 27.9 Å². The highest BCUT2D eigenvalue weighted by molar-refractivity contribution is 7.92. The van der Waals surface area contributed by atoms with E-state index in [0.717, 1.165) is 4.31 Å². The van der Waals surface area contributed by atoms with Crippen LogP contribution in [0.4, 0.5) is 5.69 Å². The van der Waals surface area contributed by atoms with Crippen LogP contribution in [-0.4, -0.2) is 59.0 Å². The molecule has 0 saturated heterocycles. The van der Waals surface area contributed by atoms with Crippen LogP contribution < -0.4 is 19.1 Å². The molecule has 1 N–H and O–H groups in total. The number of benzene rings is 3. The highest BCUT2D eigenvalue weighted by Gasteiger charge is 2.34. The Morgan fingerprint density at radius 3 is 2.23 bits per heavy atom. The minimum atomic E-state index is -4.27. The summed E-state index contributed by atoms with van der Waals surface area (Å²) in [7, 11) is 0.0213. The maximum Gasteiger partial charge on any atom is 0.264 e. The predicted molar refractivity (Wildman–Crippen MR) is 151 cm³/mol. The van der Waals surface area contributed by atoms with E-state index in [4.69, 9.17) is 32.7 Å². The molecule has 0 aliphatic rings. The monoisotopic (exact) mass is 593 g/mol. The summed E-state index contributed by atoms with van der Waals surface area (Å²) in [4.78, 5) is 27.7. The van der Waals surface area contributed by atoms with Gasteiger partial charge in [-0.1, -0.05) is 47.5 Å². The SMILES string of the molecule is CNC(=O)C(C)N(Cc1ccc(Cl)c(Cl)c1)C(=O)CN(c1cc(OC)ccc1OC)S(=O)(=O)c1ccccc1. The van der Waals surface area contributed by atoms with Crippen molar-refractivity contribution in [2.45, 2.75) is 24.4 Å². The third-order valence-electron chi connectivity index (χ3n) is 6.02. The molecule has 1 atom stereocenters. The second-order valence-corrected chi connectivity index (χ2v) is 11.1. The molecule has 0 spiro atoms. The number of nitrogens with zero attached hydrogens (tertiary/aromatic N) is 2. The third kappa shape index (κ3) is 6.95. The number of anilines is 1. The molecule has 39 heavy (non-hydrogen) atoms. The average Bonchev–Trinajstić information content (AvgIpc) is 2.95. The Morgan fingerprint density at radius 2 is 1.64 bits per heavy atom. The molecule has 0 bridgehead atoms. The molecule has 9 nitrogen and oxygen atoms in total. The number of sulfonamides is 1. The predicted octanol–water partition coefficient (Wildman–Crippen LogP) is 4.37. The minimum absolute atomic E-state index is 0.0290. The molecule has 3 aromatic rings. The summed E-state index contributed by atoms with van der Waals surface area (Å²) in [6.07, 6.45) is 0. The number of carbonyl (C=O) groups excluding carboxylic acids is 2. The number of nitrogens with one attached hydrogen (secondary N) is 1. The lowest BCUT2D eigenvalue weighted by Crippen LogP contribution is -2.50. The van der Waals surface area contributed by atoms with E-state index in [2.05, 4.69) is 5.32 Å². The summed E-state index contributed by atoms with van der Waals surface area (Å²) in [6, 6.07) is 16.3. The topological polar surface area (TPSA) is 105 Å². The van der Waals surface area contributed by atoms with Gasteiger partial charge in [0, 0.05) is 19.7 Å². The van der Waals surface area contributed by atoms with Crippen molar-refractivity contribution in [1.82, 2.24) is 10.2 Å². The molecule has 2 amide bonds. The number of carbonyl (C=O) groups is 2. The van der Waals surface area contributed by atoms with Crippen molar-refractivity contribution in [3.8, 4) is 11.5 Å². The minimum Gasteiger partial charge on any atom is -0.497 e. The van der Waals surface area contributed by atoms with Gasteiger partial charge in [0.25, 0.3) is 10.0 Å². The zero-order valence-corrected chi connectivity index (χ0v) is 24.2. The Bertz CT molecular complexity index is 1440. The summed E-state index contributed by atoms with van der Waals surface area (Å²) < 4.78 is 39.5. The van der Waals surface area contributed by atoms with E-state index in [0.29, 0.717) is 16.3 Å². The van der Waals surface area contributed by atoms with E-state index >= 15 is 0 Å². The lowest BCUT2D eigenvalue weighted by molar-refractivity contribution is -0.139. The Labute approximate surface area is 238 Å². The fourth-order valence-corrected chi connectivity index (χ4v) is 5.61. The molecule has 208 valence electrons. The molecule has 0 aromatic heterocycles. The highest BCUT2D eigenvalue weighted by atomic mass is 35.5. The van der Waals surface area contributed by atoms with Gasteiger partial charge in [0.05, 0.1) is 34.8 Å². The largest absolute Gasteiger partial charge is 0.497 e. The van der Waals surface area contributed by atoms with Gasteiger partial charge in [0.2, 0.25) is 11.8 Å². The van der Waals surface area contributed by atoms with Crippen molar-refractivity contribution in [3.63, 3.8) is 0 Å². The van der Waals surface area contributed by atoms with Crippen LogP contribution in [0.3, 0.4) is 0 Å². The first kappa shape index (κ1) is 30.1. The first-order chi connectivity index (χ1) is 18.5. The van der Waals surface area contributed by atoms with Crippen LogP contribution in [0.25, 0.3) is 0 Å². The molecule has 0 radical (unpaired) electrons. The number of amides is 2. The maximum absolute atomic E-state index is 13.9. The molecule has 12 heteroatoms. The first-order valence-electron chi connectivity index (χ1n) is 11.8. The van der Waals surface area contributed by atoms with E-state index < -0.39 is 34.4 Å². The smallest absolute Gasteiger partial charge is 0.264 e. The number of ether oxygens (including phenoxy) is 2. The second kappa shape index (κ2) is 13.1. The number of likely N-dealkylation sites (N-methyl/N-ethyl adjacent to an activating group) is 1. The van der Waals surface area contributed by atoms with Crippen LogP contribution >= 0.6 is 23.2 Å². The zero-order chi connectivity index (χ0) is 28.7. The van der Waals surface area contributed by atoms with E-state index in [1.165, 1.54) is 44.4 Å². The van der Waals surface area contributed by atoms with Crippen molar-refractivity contribution in [2.24, 2.45) is 0 Å². The Hall–Kier alpha value is -3.47. The van der Waals surface area contributed by atoms with Crippen molar-refractivity contribution in [3.05, 3.63) is 82.3 Å². The van der Waals surface area contributed by atoms with Crippen LogP contribution in [-0.2, 0) is 26.2 Å². The van der Waals surface area contributed by atoms with Crippen molar-refractivity contribution in [1.29, 1.82) is 0 Å². The summed E-state index contributed by atoms with van der Waals surface area (Å²) >= 11 is 12.2. The molecule has 3 rings (SSSR count). The Morgan fingerprint density at radius 1 is 0.949 bits per heavy atom. The third-order valence-corrected chi connectivity index (χ3v) is 8.53. The fraction of sp³-hybridized carbons (Fsp3) is 0.259. The van der Waals surface area contributed by atoms with Gasteiger partial charge in [-0.15, -0.1) is 0 Å². The van der Waals surface area contributed by atoms with Gasteiger partial charge in [-0.3, -0.25) is 13.9 Å². The van der Waals surface area contributed by atoms with Crippen LogP contribution in [0.1, 0.15) is 12.5 Å². The number of halogens is 2. The average molecular weight is 595 g/mol. The van der Waals surface area contributed by atoms with Crippen LogP contribution in [0.5, 0.6) is 11.5 Å². The molecule has 0 fully saturated rings. The van der Waals surface area contributed by atoms with Gasteiger partial charge < -0.3 is 19.7 Å². The van der Waals surface area contributed by atoms with Crippen molar-refractivity contribution in [2.75, 3.05) is 32.1 Å². The van der Waals surface area contributed by atoms with E-state index in [1.54, 1.807) is 55.5 Å². The maximum atomic E-state index is 13.9. The quantitative estimate of drug-likeness (QED) is 0.354. The molecule has 3 aromatic carbocycles. The van der Waals surface area contributed by atoms with Gasteiger partial charge in [0.15, 0.2) is 0 Å².